The van der Waals surface area contributed by atoms with Crippen LogP contribution < -0.4 is 0 Å². The van der Waals surface area contributed by atoms with Crippen LogP contribution in [0, 0.1) is 11.6 Å². The number of hydrogen-bond acceptors (Lipinski definition) is 3. The van der Waals surface area contributed by atoms with Gasteiger partial charge in [-0.15, -0.1) is 11.3 Å². The molecule has 0 N–H and O–H groups in total. The number of benzene rings is 2. The second kappa shape index (κ2) is 7.93. The van der Waals surface area contributed by atoms with Gasteiger partial charge in [-0.25, -0.2) is 13.8 Å². The van der Waals surface area contributed by atoms with Gasteiger partial charge in [0, 0.05) is 35.1 Å². The SMILES string of the molecule is CN(Cc1c(F)cccc1Cl)C(=O)Cc1csc(-c2ccc(F)cc2)n1. The highest BCUT2D eigenvalue weighted by molar-refractivity contribution is 7.13. The van der Waals surface area contributed by atoms with Gasteiger partial charge in [-0.3, -0.25) is 4.79 Å². The number of carbonyl (C=O) groups is 1. The summed E-state index contributed by atoms with van der Waals surface area (Å²) in [5.74, 6) is -0.946. The maximum Gasteiger partial charge on any atom is 0.228 e. The fourth-order valence-corrected chi connectivity index (χ4v) is 3.46. The van der Waals surface area contributed by atoms with Crippen LogP contribution in [0.3, 0.4) is 0 Å². The van der Waals surface area contributed by atoms with Crippen molar-refractivity contribution in [2.45, 2.75) is 13.0 Å². The zero-order valence-corrected chi connectivity index (χ0v) is 15.5. The molecule has 2 aromatic carbocycles. The number of carbonyl (C=O) groups excluding carboxylic acids is 1. The van der Waals surface area contributed by atoms with E-state index in [1.165, 1.54) is 40.5 Å². The molecule has 3 aromatic rings. The van der Waals surface area contributed by atoms with Crippen molar-refractivity contribution in [3.63, 3.8) is 0 Å². The first kappa shape index (κ1) is 18.5. The van der Waals surface area contributed by atoms with Crippen LogP contribution in [0.25, 0.3) is 10.6 Å². The molecule has 1 amide bonds. The molecule has 0 spiro atoms. The van der Waals surface area contributed by atoms with E-state index in [9.17, 15) is 13.6 Å². The number of halogens is 3. The summed E-state index contributed by atoms with van der Waals surface area (Å²) >= 11 is 7.39. The van der Waals surface area contributed by atoms with Crippen molar-refractivity contribution in [2.24, 2.45) is 0 Å². The van der Waals surface area contributed by atoms with Crippen LogP contribution in [0.1, 0.15) is 11.3 Å². The Labute approximate surface area is 158 Å². The molecule has 3 rings (SSSR count). The highest BCUT2D eigenvalue weighted by Crippen LogP contribution is 2.25. The molecule has 0 saturated carbocycles. The number of thiazole rings is 1. The molecule has 0 aliphatic rings. The standard InChI is InChI=1S/C19H15ClF2N2OS/c1-24(10-15-16(20)3-2-4-17(15)22)18(25)9-14-11-26-19(23-14)12-5-7-13(21)8-6-12/h2-8,11H,9-10H2,1H3. The largest absolute Gasteiger partial charge is 0.341 e. The van der Waals surface area contributed by atoms with Crippen LogP contribution in [-0.2, 0) is 17.8 Å². The lowest BCUT2D eigenvalue weighted by molar-refractivity contribution is -0.129. The highest BCUT2D eigenvalue weighted by atomic mass is 35.5. The van der Waals surface area contributed by atoms with Crippen molar-refractivity contribution in [1.82, 2.24) is 9.88 Å². The summed E-state index contributed by atoms with van der Waals surface area (Å²) in [6.07, 6.45) is 0.0975. The number of nitrogens with zero attached hydrogens (tertiary/aromatic N) is 2. The van der Waals surface area contributed by atoms with Crippen LogP contribution in [-0.4, -0.2) is 22.8 Å². The molecule has 3 nitrogen and oxygen atoms in total. The molecule has 0 aliphatic carbocycles. The quantitative estimate of drug-likeness (QED) is 0.616. The van der Waals surface area contributed by atoms with Gasteiger partial charge >= 0.3 is 0 Å². The lowest BCUT2D eigenvalue weighted by Crippen LogP contribution is -2.28. The van der Waals surface area contributed by atoms with Gasteiger partial charge in [0.25, 0.3) is 0 Å². The van der Waals surface area contributed by atoms with E-state index in [4.69, 9.17) is 11.6 Å². The molecular weight excluding hydrogens is 378 g/mol. The fourth-order valence-electron chi connectivity index (χ4n) is 2.41. The third-order valence-corrected chi connectivity index (χ3v) is 5.15. The van der Waals surface area contributed by atoms with E-state index in [-0.39, 0.29) is 35.3 Å². The van der Waals surface area contributed by atoms with Gasteiger partial charge in [0.15, 0.2) is 0 Å². The van der Waals surface area contributed by atoms with Crippen LogP contribution >= 0.6 is 22.9 Å². The van der Waals surface area contributed by atoms with Crippen molar-refractivity contribution < 1.29 is 13.6 Å². The average molecular weight is 393 g/mol. The van der Waals surface area contributed by atoms with Gasteiger partial charge in [0.05, 0.1) is 12.1 Å². The third kappa shape index (κ3) is 4.26. The van der Waals surface area contributed by atoms with Crippen LogP contribution in [0.5, 0.6) is 0 Å². The Hall–Kier alpha value is -2.31. The Morgan fingerprint density at radius 1 is 1.19 bits per heavy atom. The number of aromatic nitrogens is 1. The van der Waals surface area contributed by atoms with Crippen molar-refractivity contribution in [1.29, 1.82) is 0 Å². The number of rotatable bonds is 5. The first-order valence-electron chi connectivity index (χ1n) is 7.81. The molecule has 0 atom stereocenters. The van der Waals surface area contributed by atoms with Crippen LogP contribution in [0.2, 0.25) is 5.02 Å². The molecule has 134 valence electrons. The Morgan fingerprint density at radius 3 is 2.62 bits per heavy atom. The van der Waals surface area contributed by atoms with E-state index in [0.29, 0.717) is 10.7 Å². The molecule has 1 heterocycles. The van der Waals surface area contributed by atoms with Gasteiger partial charge in [0.1, 0.15) is 16.6 Å². The topological polar surface area (TPSA) is 33.2 Å². The molecule has 1 aromatic heterocycles. The molecule has 7 heteroatoms. The Kier molecular flexibility index (Phi) is 5.64. The lowest BCUT2D eigenvalue weighted by atomic mass is 10.2. The van der Waals surface area contributed by atoms with Gasteiger partial charge in [-0.05, 0) is 36.4 Å². The van der Waals surface area contributed by atoms with Crippen LogP contribution in [0.4, 0.5) is 8.78 Å². The monoisotopic (exact) mass is 392 g/mol. The van der Waals surface area contributed by atoms with Crippen molar-refractivity contribution >= 4 is 28.8 Å². The molecule has 0 aliphatic heterocycles. The summed E-state index contributed by atoms with van der Waals surface area (Å²) in [6, 6.07) is 10.5. The van der Waals surface area contributed by atoms with E-state index in [1.54, 1.807) is 30.6 Å². The fraction of sp³-hybridized carbons (Fsp3) is 0.158. The minimum Gasteiger partial charge on any atom is -0.341 e. The van der Waals surface area contributed by atoms with E-state index in [1.807, 2.05) is 0 Å². The minimum absolute atomic E-state index is 0.0826. The Balaban J connectivity index is 1.67. The van der Waals surface area contributed by atoms with Gasteiger partial charge in [-0.1, -0.05) is 17.7 Å². The molecular formula is C19H15ClF2N2OS. The second-order valence-electron chi connectivity index (χ2n) is 5.78. The van der Waals surface area contributed by atoms with Crippen LogP contribution in [0.15, 0.2) is 47.8 Å². The van der Waals surface area contributed by atoms with Crippen molar-refractivity contribution in [2.75, 3.05) is 7.05 Å². The maximum atomic E-state index is 13.9. The third-order valence-electron chi connectivity index (χ3n) is 3.86. The summed E-state index contributed by atoms with van der Waals surface area (Å²) in [4.78, 5) is 18.2. The summed E-state index contributed by atoms with van der Waals surface area (Å²) in [5.41, 5.74) is 1.70. The number of hydrogen-bond donors (Lipinski definition) is 0. The Morgan fingerprint density at radius 2 is 1.92 bits per heavy atom. The normalized spacial score (nSPS) is 10.8. The number of likely N-dealkylation sites (N-methyl/N-ethyl adjacent to an activating group) is 1. The summed E-state index contributed by atoms with van der Waals surface area (Å²) in [6.45, 7) is 0.0826. The van der Waals surface area contributed by atoms with E-state index in [0.717, 1.165) is 5.56 Å². The molecule has 26 heavy (non-hydrogen) atoms. The predicted molar refractivity (Wildman–Crippen MR) is 99.1 cm³/mol. The average Bonchev–Trinajstić information content (AvgIpc) is 3.07. The summed E-state index contributed by atoms with van der Waals surface area (Å²) in [5, 5.41) is 2.80. The second-order valence-corrected chi connectivity index (χ2v) is 7.04. The lowest BCUT2D eigenvalue weighted by Gasteiger charge is -2.18. The minimum atomic E-state index is -0.440. The molecule has 0 bridgehead atoms. The van der Waals surface area contributed by atoms with E-state index in [2.05, 4.69) is 4.98 Å². The molecule has 0 saturated heterocycles. The summed E-state index contributed by atoms with van der Waals surface area (Å²) < 4.78 is 26.9. The molecule has 0 unspecified atom stereocenters. The Bertz CT molecular complexity index is 907. The zero-order chi connectivity index (χ0) is 18.7. The van der Waals surface area contributed by atoms with Crippen molar-refractivity contribution in [3.05, 3.63) is 75.8 Å². The molecule has 0 radical (unpaired) electrons. The number of amides is 1. The smallest absolute Gasteiger partial charge is 0.228 e. The molecule has 0 fully saturated rings. The van der Waals surface area contributed by atoms with Gasteiger partial charge in [-0.2, -0.15) is 0 Å². The zero-order valence-electron chi connectivity index (χ0n) is 13.9. The first-order valence-corrected chi connectivity index (χ1v) is 9.07. The first-order chi connectivity index (χ1) is 12.4. The van der Waals surface area contributed by atoms with E-state index < -0.39 is 5.82 Å². The predicted octanol–water partition coefficient (Wildman–Crippen LogP) is 4.94. The van der Waals surface area contributed by atoms with E-state index >= 15 is 0 Å². The maximum absolute atomic E-state index is 13.9. The van der Waals surface area contributed by atoms with Gasteiger partial charge < -0.3 is 4.90 Å². The van der Waals surface area contributed by atoms with Crippen molar-refractivity contribution in [3.8, 4) is 10.6 Å². The highest BCUT2D eigenvalue weighted by Gasteiger charge is 2.16. The van der Waals surface area contributed by atoms with Gasteiger partial charge in [0.2, 0.25) is 5.91 Å². The summed E-state index contributed by atoms with van der Waals surface area (Å²) in [7, 11) is 1.60.